The fraction of sp³-hybridized carbons (Fsp3) is 0.467. The number of benzene rings is 1. The quantitative estimate of drug-likeness (QED) is 0.751. The predicted molar refractivity (Wildman–Crippen MR) is 77.6 cm³/mol. The van der Waals surface area contributed by atoms with Crippen molar-refractivity contribution in [2.75, 3.05) is 20.8 Å². The molecule has 6 nitrogen and oxygen atoms in total. The molecule has 2 rings (SSSR count). The van der Waals surface area contributed by atoms with Crippen LogP contribution in [0.2, 0.25) is 0 Å². The van der Waals surface area contributed by atoms with Gasteiger partial charge in [0.2, 0.25) is 11.7 Å². The van der Waals surface area contributed by atoms with Crippen molar-refractivity contribution in [3.63, 3.8) is 0 Å². The van der Waals surface area contributed by atoms with E-state index < -0.39 is 0 Å². The summed E-state index contributed by atoms with van der Waals surface area (Å²) in [5, 5.41) is 3.99. The van der Waals surface area contributed by atoms with Crippen LogP contribution in [0.1, 0.15) is 42.3 Å². The fourth-order valence-electron chi connectivity index (χ4n) is 2.09. The summed E-state index contributed by atoms with van der Waals surface area (Å²) in [4.78, 5) is 4.37. The molecule has 0 spiro atoms. The van der Waals surface area contributed by atoms with Crippen molar-refractivity contribution in [2.45, 2.75) is 25.0 Å². The van der Waals surface area contributed by atoms with Crippen LogP contribution in [-0.4, -0.2) is 31.0 Å². The molecular weight excluding hydrogens is 270 g/mol. The molecule has 21 heavy (non-hydrogen) atoms. The van der Waals surface area contributed by atoms with Crippen LogP contribution < -0.4 is 5.73 Å². The minimum absolute atomic E-state index is 0.283. The number of methoxy groups -OCH3 is 2. The number of nitrogens with two attached hydrogens (primary N) is 1. The first-order valence-corrected chi connectivity index (χ1v) is 6.92. The smallest absolute Gasteiger partial charge is 0.243 e. The van der Waals surface area contributed by atoms with E-state index in [4.69, 9.17) is 19.7 Å². The first kappa shape index (κ1) is 15.6. The van der Waals surface area contributed by atoms with Gasteiger partial charge in [-0.05, 0) is 18.4 Å². The molecule has 2 atom stereocenters. The molecule has 0 saturated carbocycles. The zero-order chi connectivity index (χ0) is 15.1. The van der Waals surface area contributed by atoms with E-state index in [2.05, 4.69) is 10.1 Å². The minimum Gasteiger partial charge on any atom is -0.385 e. The molecule has 1 heterocycles. The van der Waals surface area contributed by atoms with Crippen LogP contribution in [0.15, 0.2) is 34.9 Å². The molecule has 2 unspecified atom stereocenters. The van der Waals surface area contributed by atoms with Crippen LogP contribution in [0.3, 0.4) is 0 Å². The Morgan fingerprint density at radius 2 is 2.00 bits per heavy atom. The summed E-state index contributed by atoms with van der Waals surface area (Å²) in [7, 11) is 3.28. The summed E-state index contributed by atoms with van der Waals surface area (Å²) in [6.45, 7) is 0.666. The summed E-state index contributed by atoms with van der Waals surface area (Å²) in [5.41, 5.74) is 7.01. The van der Waals surface area contributed by atoms with Crippen LogP contribution in [0.25, 0.3) is 0 Å². The van der Waals surface area contributed by atoms with E-state index in [-0.39, 0.29) is 12.1 Å². The largest absolute Gasteiger partial charge is 0.385 e. The Kier molecular flexibility index (Phi) is 5.86. The molecule has 0 amide bonds. The standard InChI is InChI=1S/C15H21N3O3/c1-19-10-6-9-12(16)15-17-14(18-21-15)13(20-2)11-7-4-3-5-8-11/h3-5,7-8,12-13H,6,9-10,16H2,1-2H3. The van der Waals surface area contributed by atoms with Crippen LogP contribution in [0.4, 0.5) is 0 Å². The maximum Gasteiger partial charge on any atom is 0.243 e. The Balaban J connectivity index is 2.07. The van der Waals surface area contributed by atoms with Crippen LogP contribution >= 0.6 is 0 Å². The lowest BCUT2D eigenvalue weighted by molar-refractivity contribution is 0.126. The predicted octanol–water partition coefficient (Wildman–Crippen LogP) is 2.23. The molecule has 1 aromatic carbocycles. The summed E-state index contributed by atoms with van der Waals surface area (Å²) < 4.78 is 15.7. The molecule has 114 valence electrons. The summed E-state index contributed by atoms with van der Waals surface area (Å²) in [6, 6.07) is 9.47. The van der Waals surface area contributed by atoms with E-state index in [0.717, 1.165) is 18.4 Å². The van der Waals surface area contributed by atoms with E-state index in [1.54, 1.807) is 14.2 Å². The van der Waals surface area contributed by atoms with Gasteiger partial charge in [0.05, 0.1) is 6.04 Å². The normalized spacial score (nSPS) is 14.0. The monoisotopic (exact) mass is 291 g/mol. The molecule has 0 bridgehead atoms. The molecule has 0 aliphatic rings. The zero-order valence-corrected chi connectivity index (χ0v) is 12.4. The van der Waals surface area contributed by atoms with Crippen LogP contribution in [0, 0.1) is 0 Å². The van der Waals surface area contributed by atoms with E-state index in [0.29, 0.717) is 18.3 Å². The van der Waals surface area contributed by atoms with E-state index >= 15 is 0 Å². The molecule has 1 aromatic heterocycles. The van der Waals surface area contributed by atoms with Crippen molar-refractivity contribution in [1.29, 1.82) is 0 Å². The molecule has 0 radical (unpaired) electrons. The van der Waals surface area contributed by atoms with Gasteiger partial charge < -0.3 is 19.7 Å². The number of nitrogens with zero attached hydrogens (tertiary/aromatic N) is 2. The van der Waals surface area contributed by atoms with Gasteiger partial charge in [-0.1, -0.05) is 35.5 Å². The van der Waals surface area contributed by atoms with Crippen LogP contribution in [0.5, 0.6) is 0 Å². The maximum absolute atomic E-state index is 6.04. The Labute approximate surface area is 124 Å². The van der Waals surface area contributed by atoms with Gasteiger partial charge in [0.1, 0.15) is 6.10 Å². The highest BCUT2D eigenvalue weighted by Crippen LogP contribution is 2.24. The van der Waals surface area contributed by atoms with Gasteiger partial charge in [-0.15, -0.1) is 0 Å². The number of hydrogen-bond acceptors (Lipinski definition) is 6. The van der Waals surface area contributed by atoms with Crippen molar-refractivity contribution in [3.05, 3.63) is 47.6 Å². The molecule has 2 aromatic rings. The number of aromatic nitrogens is 2. The molecule has 2 N–H and O–H groups in total. The lowest BCUT2D eigenvalue weighted by Gasteiger charge is -2.11. The third-order valence-electron chi connectivity index (χ3n) is 3.21. The molecule has 6 heteroatoms. The van der Waals surface area contributed by atoms with E-state index in [1.807, 2.05) is 30.3 Å². The third-order valence-corrected chi connectivity index (χ3v) is 3.21. The number of ether oxygens (including phenoxy) is 2. The fourth-order valence-corrected chi connectivity index (χ4v) is 2.09. The second-order valence-electron chi connectivity index (χ2n) is 4.76. The number of rotatable bonds is 8. The van der Waals surface area contributed by atoms with E-state index in [9.17, 15) is 0 Å². The minimum atomic E-state index is -0.352. The van der Waals surface area contributed by atoms with Crippen molar-refractivity contribution >= 4 is 0 Å². The Hall–Kier alpha value is -1.76. The summed E-state index contributed by atoms with van der Waals surface area (Å²) >= 11 is 0. The number of hydrogen-bond donors (Lipinski definition) is 1. The Morgan fingerprint density at radius 1 is 1.24 bits per heavy atom. The van der Waals surface area contributed by atoms with Gasteiger partial charge in [-0.3, -0.25) is 0 Å². The van der Waals surface area contributed by atoms with Gasteiger partial charge in [-0.25, -0.2) is 0 Å². The Morgan fingerprint density at radius 3 is 2.67 bits per heavy atom. The first-order chi connectivity index (χ1) is 10.3. The van der Waals surface area contributed by atoms with Gasteiger partial charge in [0.15, 0.2) is 0 Å². The second-order valence-corrected chi connectivity index (χ2v) is 4.76. The summed E-state index contributed by atoms with van der Waals surface area (Å²) in [6.07, 6.45) is 1.23. The van der Waals surface area contributed by atoms with Gasteiger partial charge in [-0.2, -0.15) is 4.98 Å². The van der Waals surface area contributed by atoms with Gasteiger partial charge >= 0.3 is 0 Å². The van der Waals surface area contributed by atoms with Crippen molar-refractivity contribution in [1.82, 2.24) is 10.1 Å². The average Bonchev–Trinajstić information content (AvgIpc) is 2.99. The topological polar surface area (TPSA) is 83.4 Å². The molecule has 0 saturated heterocycles. The highest BCUT2D eigenvalue weighted by Gasteiger charge is 2.22. The van der Waals surface area contributed by atoms with Crippen molar-refractivity contribution < 1.29 is 14.0 Å². The average molecular weight is 291 g/mol. The maximum atomic E-state index is 6.04. The highest BCUT2D eigenvalue weighted by molar-refractivity contribution is 5.22. The zero-order valence-electron chi connectivity index (χ0n) is 12.4. The molecular formula is C15H21N3O3. The van der Waals surface area contributed by atoms with E-state index in [1.165, 1.54) is 0 Å². The third kappa shape index (κ3) is 4.10. The van der Waals surface area contributed by atoms with Crippen LogP contribution in [-0.2, 0) is 9.47 Å². The SMILES string of the molecule is COCCCC(N)c1nc(C(OC)c2ccccc2)no1. The highest BCUT2D eigenvalue weighted by atomic mass is 16.5. The first-order valence-electron chi connectivity index (χ1n) is 6.92. The molecule has 0 aliphatic heterocycles. The van der Waals surface area contributed by atoms with Gasteiger partial charge in [0, 0.05) is 20.8 Å². The van der Waals surface area contributed by atoms with Crippen molar-refractivity contribution in [2.24, 2.45) is 5.73 Å². The second kappa shape index (κ2) is 7.87. The summed E-state index contributed by atoms with van der Waals surface area (Å²) in [5.74, 6) is 0.917. The lowest BCUT2D eigenvalue weighted by atomic mass is 10.1. The van der Waals surface area contributed by atoms with Gasteiger partial charge in [0.25, 0.3) is 0 Å². The Bertz CT molecular complexity index is 530. The van der Waals surface area contributed by atoms with Crippen molar-refractivity contribution in [3.8, 4) is 0 Å². The molecule has 0 fully saturated rings. The lowest BCUT2D eigenvalue weighted by Crippen LogP contribution is -2.12. The molecule has 0 aliphatic carbocycles.